The van der Waals surface area contributed by atoms with Crippen LogP contribution < -0.4 is 5.73 Å². The summed E-state index contributed by atoms with van der Waals surface area (Å²) in [6, 6.07) is 13.1. The molecule has 0 radical (unpaired) electrons. The number of hydrogen-bond acceptors (Lipinski definition) is 2. The maximum absolute atomic E-state index is 11.1. The molecule has 0 aliphatic rings. The molecular weight excluding hydrogens is 274 g/mol. The third-order valence-electron chi connectivity index (χ3n) is 3.06. The van der Waals surface area contributed by atoms with E-state index in [9.17, 15) is 4.79 Å². The zero-order valence-electron chi connectivity index (χ0n) is 10.6. The third kappa shape index (κ3) is 2.38. The Balaban J connectivity index is 2.13. The number of nitrogens with two attached hydrogens (primary N) is 1. The summed E-state index contributed by atoms with van der Waals surface area (Å²) in [5.41, 5.74) is 7.75. The molecule has 0 aliphatic carbocycles. The van der Waals surface area contributed by atoms with Gasteiger partial charge in [-0.05, 0) is 23.8 Å². The van der Waals surface area contributed by atoms with Crippen LogP contribution in [-0.4, -0.2) is 15.7 Å². The maximum Gasteiger partial charge on any atom is 0.221 e. The Morgan fingerprint density at radius 2 is 2.05 bits per heavy atom. The fourth-order valence-electron chi connectivity index (χ4n) is 2.19. The molecule has 0 saturated heterocycles. The van der Waals surface area contributed by atoms with Gasteiger partial charge in [0.05, 0.1) is 17.6 Å². The number of nitrogens with zero attached hydrogens (tertiary/aromatic N) is 2. The van der Waals surface area contributed by atoms with Crippen LogP contribution in [0.2, 0.25) is 5.02 Å². The molecule has 2 aromatic carbocycles. The van der Waals surface area contributed by atoms with Crippen molar-refractivity contribution in [2.45, 2.75) is 6.42 Å². The molecule has 100 valence electrons. The molecule has 0 unspecified atom stereocenters. The highest BCUT2D eigenvalue weighted by Crippen LogP contribution is 2.21. The van der Waals surface area contributed by atoms with Crippen molar-refractivity contribution in [1.82, 2.24) is 9.78 Å². The van der Waals surface area contributed by atoms with E-state index in [0.29, 0.717) is 5.02 Å². The number of amides is 1. The van der Waals surface area contributed by atoms with Gasteiger partial charge in [-0.15, -0.1) is 0 Å². The van der Waals surface area contributed by atoms with Crippen LogP contribution in [0.1, 0.15) is 5.56 Å². The average molecular weight is 286 g/mol. The van der Waals surface area contributed by atoms with E-state index >= 15 is 0 Å². The Hall–Kier alpha value is -2.33. The first-order chi connectivity index (χ1) is 9.63. The van der Waals surface area contributed by atoms with Crippen LogP contribution in [0.3, 0.4) is 0 Å². The number of primary amides is 1. The summed E-state index contributed by atoms with van der Waals surface area (Å²) in [6.45, 7) is 0. The Morgan fingerprint density at radius 3 is 2.80 bits per heavy atom. The van der Waals surface area contributed by atoms with Gasteiger partial charge in [-0.2, -0.15) is 5.10 Å². The molecule has 0 bridgehead atoms. The topological polar surface area (TPSA) is 60.9 Å². The fourth-order valence-corrected chi connectivity index (χ4v) is 2.37. The quantitative estimate of drug-likeness (QED) is 0.804. The molecule has 3 aromatic rings. The van der Waals surface area contributed by atoms with Crippen LogP contribution in [0, 0.1) is 0 Å². The number of hydrogen-bond donors (Lipinski definition) is 1. The second-order valence-corrected chi connectivity index (χ2v) is 4.99. The van der Waals surface area contributed by atoms with Crippen molar-refractivity contribution in [2.75, 3.05) is 0 Å². The maximum atomic E-state index is 11.1. The zero-order chi connectivity index (χ0) is 14.1. The smallest absolute Gasteiger partial charge is 0.221 e. The lowest BCUT2D eigenvalue weighted by Crippen LogP contribution is -2.13. The van der Waals surface area contributed by atoms with E-state index in [4.69, 9.17) is 17.3 Å². The largest absolute Gasteiger partial charge is 0.369 e. The van der Waals surface area contributed by atoms with Gasteiger partial charge in [0.15, 0.2) is 0 Å². The molecule has 4 nitrogen and oxygen atoms in total. The van der Waals surface area contributed by atoms with Gasteiger partial charge in [0, 0.05) is 16.6 Å². The number of rotatable bonds is 3. The standard InChI is InChI=1S/C15H12ClN3O/c16-12-5-2-6-13(8-12)19-9-11-4-1-3-10(7-14(17)20)15(11)18-19/h1-6,8-9H,7H2,(H2,17,20). The number of halogens is 1. The molecule has 1 aromatic heterocycles. The van der Waals surface area contributed by atoms with E-state index in [0.717, 1.165) is 22.2 Å². The Bertz CT molecular complexity index is 795. The van der Waals surface area contributed by atoms with E-state index < -0.39 is 0 Å². The second-order valence-electron chi connectivity index (χ2n) is 4.55. The molecule has 3 rings (SSSR count). The first kappa shape index (κ1) is 12.7. The van der Waals surface area contributed by atoms with Gasteiger partial charge >= 0.3 is 0 Å². The van der Waals surface area contributed by atoms with Crippen molar-refractivity contribution in [1.29, 1.82) is 0 Å². The van der Waals surface area contributed by atoms with Gasteiger partial charge < -0.3 is 5.73 Å². The number of carbonyl (C=O) groups excluding carboxylic acids is 1. The minimum Gasteiger partial charge on any atom is -0.369 e. The Labute approximate surface area is 120 Å². The van der Waals surface area contributed by atoms with E-state index in [2.05, 4.69) is 5.10 Å². The van der Waals surface area contributed by atoms with E-state index in [-0.39, 0.29) is 12.3 Å². The molecule has 1 amide bonds. The highest BCUT2D eigenvalue weighted by atomic mass is 35.5. The fraction of sp³-hybridized carbons (Fsp3) is 0.0667. The van der Waals surface area contributed by atoms with Crippen LogP contribution in [0.5, 0.6) is 0 Å². The van der Waals surface area contributed by atoms with Crippen molar-refractivity contribution in [2.24, 2.45) is 5.73 Å². The van der Waals surface area contributed by atoms with E-state index in [1.165, 1.54) is 0 Å². The highest BCUT2D eigenvalue weighted by Gasteiger charge is 2.09. The summed E-state index contributed by atoms with van der Waals surface area (Å²) in [5, 5.41) is 6.14. The lowest BCUT2D eigenvalue weighted by Gasteiger charge is -2.01. The average Bonchev–Trinajstić information content (AvgIpc) is 2.83. The summed E-state index contributed by atoms with van der Waals surface area (Å²) < 4.78 is 1.75. The Morgan fingerprint density at radius 1 is 1.25 bits per heavy atom. The van der Waals surface area contributed by atoms with Crippen LogP contribution in [-0.2, 0) is 11.2 Å². The van der Waals surface area contributed by atoms with Crippen LogP contribution in [0.4, 0.5) is 0 Å². The molecule has 0 saturated carbocycles. The van der Waals surface area contributed by atoms with Gasteiger partial charge in [-0.3, -0.25) is 4.79 Å². The van der Waals surface area contributed by atoms with Gasteiger partial charge in [-0.25, -0.2) is 4.68 Å². The van der Waals surface area contributed by atoms with Crippen molar-refractivity contribution in [3.63, 3.8) is 0 Å². The van der Waals surface area contributed by atoms with E-state index in [1.807, 2.05) is 48.7 Å². The predicted molar refractivity (Wildman–Crippen MR) is 79.0 cm³/mol. The molecule has 5 heteroatoms. The molecule has 0 aliphatic heterocycles. The van der Waals surface area contributed by atoms with Crippen molar-refractivity contribution >= 4 is 28.4 Å². The van der Waals surface area contributed by atoms with Crippen molar-refractivity contribution < 1.29 is 4.79 Å². The molecule has 2 N–H and O–H groups in total. The summed E-state index contributed by atoms with van der Waals surface area (Å²) in [7, 11) is 0. The van der Waals surface area contributed by atoms with Crippen LogP contribution in [0.25, 0.3) is 16.6 Å². The monoisotopic (exact) mass is 285 g/mol. The minimum atomic E-state index is -0.366. The molecule has 1 heterocycles. The van der Waals surface area contributed by atoms with Gasteiger partial charge in [-0.1, -0.05) is 35.9 Å². The van der Waals surface area contributed by atoms with Gasteiger partial charge in [0.2, 0.25) is 5.91 Å². The number of carbonyl (C=O) groups is 1. The molecule has 0 fully saturated rings. The van der Waals surface area contributed by atoms with Gasteiger partial charge in [0.25, 0.3) is 0 Å². The molecule has 20 heavy (non-hydrogen) atoms. The summed E-state index contributed by atoms with van der Waals surface area (Å²) >= 11 is 5.99. The first-order valence-corrected chi connectivity index (χ1v) is 6.53. The first-order valence-electron chi connectivity index (χ1n) is 6.15. The number of aromatic nitrogens is 2. The SMILES string of the molecule is NC(=O)Cc1cccc2cn(-c3cccc(Cl)c3)nc12. The molecule has 0 atom stereocenters. The lowest BCUT2D eigenvalue weighted by atomic mass is 10.1. The lowest BCUT2D eigenvalue weighted by molar-refractivity contribution is -0.117. The van der Waals surface area contributed by atoms with E-state index in [1.54, 1.807) is 4.68 Å². The molecular formula is C15H12ClN3O. The van der Waals surface area contributed by atoms with Gasteiger partial charge in [0.1, 0.15) is 0 Å². The number of benzene rings is 2. The van der Waals surface area contributed by atoms with Crippen molar-refractivity contribution in [3.8, 4) is 5.69 Å². The Kier molecular flexibility index (Phi) is 3.16. The minimum absolute atomic E-state index is 0.184. The predicted octanol–water partition coefficient (Wildman–Crippen LogP) is 2.71. The summed E-state index contributed by atoms with van der Waals surface area (Å²) in [4.78, 5) is 11.1. The normalized spacial score (nSPS) is 10.8. The highest BCUT2D eigenvalue weighted by molar-refractivity contribution is 6.30. The summed E-state index contributed by atoms with van der Waals surface area (Å²) in [6.07, 6.45) is 2.09. The van der Waals surface area contributed by atoms with Crippen LogP contribution >= 0.6 is 11.6 Å². The number of fused-ring (bicyclic) bond motifs is 1. The summed E-state index contributed by atoms with van der Waals surface area (Å²) in [5.74, 6) is -0.366. The second kappa shape index (κ2) is 4.98. The molecule has 0 spiro atoms. The third-order valence-corrected chi connectivity index (χ3v) is 3.29. The van der Waals surface area contributed by atoms with Crippen molar-refractivity contribution in [3.05, 3.63) is 59.2 Å². The van der Waals surface area contributed by atoms with Crippen LogP contribution in [0.15, 0.2) is 48.7 Å². The zero-order valence-corrected chi connectivity index (χ0v) is 11.3.